The fourth-order valence-corrected chi connectivity index (χ4v) is 2.51. The lowest BCUT2D eigenvalue weighted by atomic mass is 9.85. The van der Waals surface area contributed by atoms with Crippen LogP contribution in [0.5, 0.6) is 0 Å². The first-order chi connectivity index (χ1) is 11.4. The third kappa shape index (κ3) is 4.65. The van der Waals surface area contributed by atoms with E-state index >= 15 is 0 Å². The van der Waals surface area contributed by atoms with E-state index in [-0.39, 0.29) is 11.8 Å². The van der Waals surface area contributed by atoms with Crippen LogP contribution in [-0.2, 0) is 4.79 Å². The van der Waals surface area contributed by atoms with Crippen molar-refractivity contribution in [1.29, 1.82) is 0 Å². The van der Waals surface area contributed by atoms with Crippen molar-refractivity contribution < 1.29 is 9.59 Å². The molecule has 0 aliphatic heterocycles. The molecule has 126 valence electrons. The highest BCUT2D eigenvalue weighted by atomic mass is 16.2. The predicted octanol–water partition coefficient (Wildman–Crippen LogP) is 3.66. The summed E-state index contributed by atoms with van der Waals surface area (Å²) in [6.07, 6.45) is 3.90. The molecule has 1 aromatic carbocycles. The fraction of sp³-hybridized carbons (Fsp3) is 0.316. The zero-order chi connectivity index (χ0) is 17.7. The molecule has 24 heavy (non-hydrogen) atoms. The lowest BCUT2D eigenvalue weighted by molar-refractivity contribution is -0.114. The number of allylic oxidation sites excluding steroid dienone is 3. The molecule has 0 saturated heterocycles. The number of anilines is 1. The average Bonchev–Trinajstić information content (AvgIpc) is 2.53. The Balaban J connectivity index is 2.03. The Morgan fingerprint density at radius 2 is 1.88 bits per heavy atom. The molecule has 2 rings (SSSR count). The minimum Gasteiger partial charge on any atom is -0.326 e. The van der Waals surface area contributed by atoms with Gasteiger partial charge in [0.25, 0.3) is 5.91 Å². The van der Waals surface area contributed by atoms with E-state index in [0.29, 0.717) is 17.2 Å². The Labute approximate surface area is 142 Å². The van der Waals surface area contributed by atoms with Gasteiger partial charge >= 0.3 is 0 Å². The monoisotopic (exact) mass is 325 g/mol. The Kier molecular flexibility index (Phi) is 5.68. The Morgan fingerprint density at radius 1 is 1.21 bits per heavy atom. The number of hydrazone groups is 1. The zero-order valence-corrected chi connectivity index (χ0v) is 14.3. The number of benzene rings is 1. The maximum atomic E-state index is 12.2. The van der Waals surface area contributed by atoms with Crippen LogP contribution in [0.4, 0.5) is 5.69 Å². The molecule has 5 heteroatoms. The van der Waals surface area contributed by atoms with Crippen LogP contribution in [0.15, 0.2) is 53.2 Å². The summed E-state index contributed by atoms with van der Waals surface area (Å²) in [4.78, 5) is 23.2. The maximum absolute atomic E-state index is 12.2. The molecule has 5 nitrogen and oxygen atoms in total. The van der Waals surface area contributed by atoms with E-state index in [2.05, 4.69) is 28.5 Å². The van der Waals surface area contributed by atoms with Gasteiger partial charge in [-0.2, -0.15) is 5.10 Å². The molecular weight excluding hydrogens is 302 g/mol. The number of hydrogen-bond donors (Lipinski definition) is 2. The molecule has 2 amide bonds. The van der Waals surface area contributed by atoms with Crippen molar-refractivity contribution in [3.63, 3.8) is 0 Å². The van der Waals surface area contributed by atoms with E-state index in [9.17, 15) is 9.59 Å². The van der Waals surface area contributed by atoms with E-state index in [1.54, 1.807) is 24.3 Å². The van der Waals surface area contributed by atoms with Crippen molar-refractivity contribution in [1.82, 2.24) is 5.43 Å². The molecule has 1 aromatic rings. The van der Waals surface area contributed by atoms with Gasteiger partial charge in [0, 0.05) is 18.2 Å². The molecule has 0 aromatic heterocycles. The van der Waals surface area contributed by atoms with Crippen LogP contribution in [-0.4, -0.2) is 17.5 Å². The molecule has 0 spiro atoms. The lowest BCUT2D eigenvalue weighted by Gasteiger charge is -2.22. The molecule has 0 bridgehead atoms. The molecule has 0 unspecified atom stereocenters. The molecule has 0 heterocycles. The van der Waals surface area contributed by atoms with Gasteiger partial charge in [-0.25, -0.2) is 5.43 Å². The topological polar surface area (TPSA) is 70.6 Å². The van der Waals surface area contributed by atoms with Gasteiger partial charge in [-0.3, -0.25) is 9.59 Å². The molecular formula is C19H23N3O2. The minimum absolute atomic E-state index is 0.148. The van der Waals surface area contributed by atoms with Gasteiger partial charge in [-0.05, 0) is 62.4 Å². The second-order valence-corrected chi connectivity index (χ2v) is 6.13. The van der Waals surface area contributed by atoms with Crippen molar-refractivity contribution in [2.75, 3.05) is 5.32 Å². The van der Waals surface area contributed by atoms with Gasteiger partial charge in [0.2, 0.25) is 5.91 Å². The molecule has 0 saturated carbocycles. The number of carbonyl (C=O) groups excluding carboxylic acids is 2. The Morgan fingerprint density at radius 3 is 2.46 bits per heavy atom. The first-order valence-electron chi connectivity index (χ1n) is 7.94. The average molecular weight is 325 g/mol. The van der Waals surface area contributed by atoms with E-state index in [0.717, 1.165) is 29.7 Å². The van der Waals surface area contributed by atoms with E-state index in [1.165, 1.54) is 6.92 Å². The first-order valence-corrected chi connectivity index (χ1v) is 7.94. The van der Waals surface area contributed by atoms with Crippen LogP contribution in [0.25, 0.3) is 0 Å². The number of rotatable bonds is 4. The summed E-state index contributed by atoms with van der Waals surface area (Å²) in [6, 6.07) is 6.68. The van der Waals surface area contributed by atoms with Crippen LogP contribution in [0.1, 0.15) is 44.0 Å². The third-order valence-electron chi connectivity index (χ3n) is 4.06. The van der Waals surface area contributed by atoms with Crippen LogP contribution >= 0.6 is 0 Å². The fourth-order valence-electron chi connectivity index (χ4n) is 2.51. The largest absolute Gasteiger partial charge is 0.326 e. The number of amides is 2. The number of carbonyl (C=O) groups is 2. The summed E-state index contributed by atoms with van der Waals surface area (Å²) in [5.41, 5.74) is 6.86. The summed E-state index contributed by atoms with van der Waals surface area (Å²) < 4.78 is 0. The summed E-state index contributed by atoms with van der Waals surface area (Å²) in [5.74, 6) is -0.0476. The second kappa shape index (κ2) is 7.73. The van der Waals surface area contributed by atoms with Crippen molar-refractivity contribution in [2.45, 2.75) is 33.6 Å². The van der Waals surface area contributed by atoms with Crippen LogP contribution in [0.3, 0.4) is 0 Å². The molecule has 1 atom stereocenters. The standard InChI is InChI=1S/C19H23N3O2/c1-12(2)16-6-5-13(3)18(11-16)21-22-19(24)15-7-9-17(10-8-15)20-14(4)23/h5,7-10,16H,1,6,11H2,2-4H3,(H,20,23)(H,22,24)/b21-18-/t16-/m1/s1. The molecule has 2 N–H and O–H groups in total. The summed E-state index contributed by atoms with van der Waals surface area (Å²) >= 11 is 0. The number of nitrogens with one attached hydrogen (secondary N) is 2. The third-order valence-corrected chi connectivity index (χ3v) is 4.06. The molecule has 0 fully saturated rings. The van der Waals surface area contributed by atoms with Crippen molar-refractivity contribution in [2.24, 2.45) is 11.0 Å². The number of nitrogens with zero attached hydrogens (tertiary/aromatic N) is 1. The molecule has 1 aliphatic rings. The highest BCUT2D eigenvalue weighted by molar-refractivity contribution is 6.02. The predicted molar refractivity (Wildman–Crippen MR) is 96.9 cm³/mol. The normalized spacial score (nSPS) is 18.7. The van der Waals surface area contributed by atoms with Crippen LogP contribution in [0, 0.1) is 5.92 Å². The quantitative estimate of drug-likeness (QED) is 0.655. The van der Waals surface area contributed by atoms with Gasteiger partial charge in [-0.1, -0.05) is 18.2 Å². The van der Waals surface area contributed by atoms with E-state index in [1.807, 2.05) is 13.8 Å². The van der Waals surface area contributed by atoms with Gasteiger partial charge in [0.15, 0.2) is 0 Å². The lowest BCUT2D eigenvalue weighted by Crippen LogP contribution is -2.23. The zero-order valence-electron chi connectivity index (χ0n) is 14.3. The summed E-state index contributed by atoms with van der Waals surface area (Å²) in [6.45, 7) is 9.47. The Hall–Kier alpha value is -2.69. The minimum atomic E-state index is -0.276. The highest BCUT2D eigenvalue weighted by Gasteiger charge is 2.18. The van der Waals surface area contributed by atoms with Gasteiger partial charge in [0.05, 0.1) is 5.71 Å². The van der Waals surface area contributed by atoms with Crippen molar-refractivity contribution >= 4 is 23.2 Å². The smallest absolute Gasteiger partial charge is 0.271 e. The van der Waals surface area contributed by atoms with Gasteiger partial charge < -0.3 is 5.32 Å². The van der Waals surface area contributed by atoms with Crippen molar-refractivity contribution in [3.8, 4) is 0 Å². The van der Waals surface area contributed by atoms with Crippen LogP contribution in [0.2, 0.25) is 0 Å². The first kappa shape index (κ1) is 17.7. The van der Waals surface area contributed by atoms with Crippen molar-refractivity contribution in [3.05, 3.63) is 53.6 Å². The van der Waals surface area contributed by atoms with Gasteiger partial charge in [-0.15, -0.1) is 0 Å². The SMILES string of the molecule is C=C(C)[C@@H]1CC=C(C)/C(=N\NC(=O)c2ccc(NC(C)=O)cc2)C1. The van der Waals surface area contributed by atoms with E-state index < -0.39 is 0 Å². The van der Waals surface area contributed by atoms with Crippen LogP contribution < -0.4 is 10.7 Å². The highest BCUT2D eigenvalue weighted by Crippen LogP contribution is 2.26. The second-order valence-electron chi connectivity index (χ2n) is 6.13. The molecule has 1 aliphatic carbocycles. The van der Waals surface area contributed by atoms with Gasteiger partial charge in [0.1, 0.15) is 0 Å². The summed E-state index contributed by atoms with van der Waals surface area (Å²) in [7, 11) is 0. The molecule has 0 radical (unpaired) electrons. The maximum Gasteiger partial charge on any atom is 0.271 e. The van der Waals surface area contributed by atoms with E-state index in [4.69, 9.17) is 0 Å². The summed E-state index contributed by atoms with van der Waals surface area (Å²) in [5, 5.41) is 6.94. The Bertz CT molecular complexity index is 715. The number of hydrogen-bond acceptors (Lipinski definition) is 3.